The monoisotopic (exact) mass is 257 g/mol. The fourth-order valence-corrected chi connectivity index (χ4v) is 1.87. The first-order valence-electron chi connectivity index (χ1n) is 6.69. The predicted octanol–water partition coefficient (Wildman–Crippen LogP) is 2.47. The minimum atomic E-state index is 0.0578. The number of aryl methyl sites for hydroxylation is 1. The van der Waals surface area contributed by atoms with Gasteiger partial charge in [-0.2, -0.15) is 0 Å². The normalized spacial score (nSPS) is 13.6. The molecule has 0 saturated heterocycles. The van der Waals surface area contributed by atoms with E-state index in [2.05, 4.69) is 17.2 Å². The molecule has 0 spiro atoms. The summed E-state index contributed by atoms with van der Waals surface area (Å²) in [6.45, 7) is 2.05. The Hall–Kier alpha value is -1.79. The standard InChI is InChI=1S/C16H19NO2/c1-12-5-8-14(4-2-3-9-18)15(10-12)17-16(19)11-13-6-7-13/h5,8,10,13,18H,3,6-7,9,11H2,1H3,(H,17,19). The zero-order valence-corrected chi connectivity index (χ0v) is 11.2. The number of carbonyl (C=O) groups is 1. The average molecular weight is 257 g/mol. The first-order valence-corrected chi connectivity index (χ1v) is 6.69. The maximum Gasteiger partial charge on any atom is 0.224 e. The van der Waals surface area contributed by atoms with Gasteiger partial charge in [-0.25, -0.2) is 0 Å². The lowest BCUT2D eigenvalue weighted by Gasteiger charge is -2.08. The third-order valence-corrected chi connectivity index (χ3v) is 3.08. The molecule has 1 fully saturated rings. The maximum atomic E-state index is 11.9. The van der Waals surface area contributed by atoms with E-state index in [1.165, 1.54) is 12.8 Å². The molecule has 0 atom stereocenters. The van der Waals surface area contributed by atoms with Gasteiger partial charge in [-0.15, -0.1) is 0 Å². The minimum Gasteiger partial charge on any atom is -0.395 e. The van der Waals surface area contributed by atoms with Crippen LogP contribution in [0.2, 0.25) is 0 Å². The molecule has 1 amide bonds. The molecule has 1 aliphatic carbocycles. The molecule has 0 aliphatic heterocycles. The van der Waals surface area contributed by atoms with E-state index in [1.54, 1.807) is 0 Å². The number of aliphatic hydroxyl groups excluding tert-OH is 1. The van der Waals surface area contributed by atoms with Gasteiger partial charge in [-0.05, 0) is 43.4 Å². The molecule has 2 N–H and O–H groups in total. The Morgan fingerprint density at radius 3 is 2.95 bits per heavy atom. The topological polar surface area (TPSA) is 49.3 Å². The van der Waals surface area contributed by atoms with Crippen molar-refractivity contribution in [2.24, 2.45) is 5.92 Å². The number of anilines is 1. The van der Waals surface area contributed by atoms with Crippen molar-refractivity contribution in [1.29, 1.82) is 0 Å². The Morgan fingerprint density at radius 1 is 1.47 bits per heavy atom. The lowest BCUT2D eigenvalue weighted by atomic mass is 10.1. The molecule has 1 aromatic carbocycles. The molecule has 2 rings (SSSR count). The van der Waals surface area contributed by atoms with Gasteiger partial charge in [-0.3, -0.25) is 4.79 Å². The van der Waals surface area contributed by atoms with Gasteiger partial charge in [-0.1, -0.05) is 17.9 Å². The van der Waals surface area contributed by atoms with Crippen LogP contribution in [0.15, 0.2) is 18.2 Å². The van der Waals surface area contributed by atoms with Crippen molar-refractivity contribution in [3.63, 3.8) is 0 Å². The lowest BCUT2D eigenvalue weighted by Crippen LogP contribution is -2.13. The van der Waals surface area contributed by atoms with Crippen molar-refractivity contribution in [3.05, 3.63) is 29.3 Å². The Labute approximate surface area is 114 Å². The van der Waals surface area contributed by atoms with E-state index in [0.717, 1.165) is 16.8 Å². The third kappa shape index (κ3) is 4.42. The van der Waals surface area contributed by atoms with Gasteiger partial charge in [0.05, 0.1) is 12.3 Å². The van der Waals surface area contributed by atoms with Crippen LogP contribution in [0.1, 0.15) is 36.8 Å². The molecule has 1 aliphatic rings. The average Bonchev–Trinajstić information content (AvgIpc) is 3.16. The van der Waals surface area contributed by atoms with Crippen LogP contribution >= 0.6 is 0 Å². The quantitative estimate of drug-likeness (QED) is 0.814. The van der Waals surface area contributed by atoms with E-state index in [-0.39, 0.29) is 12.5 Å². The van der Waals surface area contributed by atoms with E-state index in [4.69, 9.17) is 5.11 Å². The van der Waals surface area contributed by atoms with Crippen LogP contribution < -0.4 is 5.32 Å². The molecule has 0 radical (unpaired) electrons. The molecule has 1 aromatic rings. The van der Waals surface area contributed by atoms with Crippen molar-refractivity contribution in [1.82, 2.24) is 0 Å². The number of aliphatic hydroxyl groups is 1. The molecule has 0 bridgehead atoms. The van der Waals surface area contributed by atoms with Gasteiger partial charge >= 0.3 is 0 Å². The van der Waals surface area contributed by atoms with E-state index < -0.39 is 0 Å². The highest BCUT2D eigenvalue weighted by atomic mass is 16.2. The smallest absolute Gasteiger partial charge is 0.224 e. The Balaban J connectivity index is 2.09. The lowest BCUT2D eigenvalue weighted by molar-refractivity contribution is -0.116. The van der Waals surface area contributed by atoms with Gasteiger partial charge in [0, 0.05) is 18.4 Å². The summed E-state index contributed by atoms with van der Waals surface area (Å²) in [7, 11) is 0. The Morgan fingerprint density at radius 2 is 2.26 bits per heavy atom. The zero-order chi connectivity index (χ0) is 13.7. The van der Waals surface area contributed by atoms with Crippen molar-refractivity contribution >= 4 is 11.6 Å². The molecule has 3 nitrogen and oxygen atoms in total. The van der Waals surface area contributed by atoms with Crippen LogP contribution in [0.3, 0.4) is 0 Å². The second-order valence-electron chi connectivity index (χ2n) is 5.02. The number of benzene rings is 1. The molecule has 0 aromatic heterocycles. The first kappa shape index (κ1) is 13.6. The second kappa shape index (κ2) is 6.40. The van der Waals surface area contributed by atoms with Crippen LogP contribution in [-0.2, 0) is 4.79 Å². The van der Waals surface area contributed by atoms with Gasteiger partial charge in [0.2, 0.25) is 5.91 Å². The van der Waals surface area contributed by atoms with Crippen molar-refractivity contribution in [3.8, 4) is 11.8 Å². The van der Waals surface area contributed by atoms with E-state index in [1.807, 2.05) is 25.1 Å². The largest absolute Gasteiger partial charge is 0.395 e. The van der Waals surface area contributed by atoms with Gasteiger partial charge in [0.25, 0.3) is 0 Å². The van der Waals surface area contributed by atoms with Gasteiger partial charge in [0.15, 0.2) is 0 Å². The van der Waals surface area contributed by atoms with E-state index >= 15 is 0 Å². The van der Waals surface area contributed by atoms with Crippen molar-refractivity contribution < 1.29 is 9.90 Å². The molecule has 19 heavy (non-hydrogen) atoms. The number of nitrogens with one attached hydrogen (secondary N) is 1. The molecule has 0 heterocycles. The van der Waals surface area contributed by atoms with Crippen LogP contribution in [0, 0.1) is 24.7 Å². The summed E-state index contributed by atoms with van der Waals surface area (Å²) in [5, 5.41) is 11.7. The molecular weight excluding hydrogens is 238 g/mol. The van der Waals surface area contributed by atoms with E-state index in [9.17, 15) is 4.79 Å². The molecular formula is C16H19NO2. The summed E-state index contributed by atoms with van der Waals surface area (Å²) in [5.74, 6) is 6.52. The zero-order valence-electron chi connectivity index (χ0n) is 11.2. The minimum absolute atomic E-state index is 0.0578. The van der Waals surface area contributed by atoms with Crippen LogP contribution in [0.4, 0.5) is 5.69 Å². The number of carbonyl (C=O) groups excluding carboxylic acids is 1. The first-order chi connectivity index (χ1) is 9.19. The summed E-state index contributed by atoms with van der Waals surface area (Å²) < 4.78 is 0. The number of hydrogen-bond acceptors (Lipinski definition) is 2. The molecule has 3 heteroatoms. The summed E-state index contributed by atoms with van der Waals surface area (Å²) in [6.07, 6.45) is 3.40. The molecule has 1 saturated carbocycles. The van der Waals surface area contributed by atoms with Gasteiger partial charge in [0.1, 0.15) is 0 Å². The maximum absolute atomic E-state index is 11.9. The fraction of sp³-hybridized carbons (Fsp3) is 0.438. The van der Waals surface area contributed by atoms with Crippen LogP contribution in [0.25, 0.3) is 0 Å². The third-order valence-electron chi connectivity index (χ3n) is 3.08. The molecule has 0 unspecified atom stereocenters. The van der Waals surface area contributed by atoms with E-state index in [0.29, 0.717) is 18.8 Å². The summed E-state index contributed by atoms with van der Waals surface area (Å²) in [6, 6.07) is 5.82. The van der Waals surface area contributed by atoms with Crippen LogP contribution in [-0.4, -0.2) is 17.6 Å². The summed E-state index contributed by atoms with van der Waals surface area (Å²) >= 11 is 0. The van der Waals surface area contributed by atoms with Gasteiger partial charge < -0.3 is 10.4 Å². The Bertz CT molecular complexity index is 521. The molecule has 100 valence electrons. The fourth-order valence-electron chi connectivity index (χ4n) is 1.87. The Kier molecular flexibility index (Phi) is 4.59. The van der Waals surface area contributed by atoms with Crippen molar-refractivity contribution in [2.75, 3.05) is 11.9 Å². The second-order valence-corrected chi connectivity index (χ2v) is 5.02. The highest BCUT2D eigenvalue weighted by Gasteiger charge is 2.24. The summed E-state index contributed by atoms with van der Waals surface area (Å²) in [5.41, 5.74) is 2.67. The van der Waals surface area contributed by atoms with Crippen LogP contribution in [0.5, 0.6) is 0 Å². The highest BCUT2D eigenvalue weighted by Crippen LogP contribution is 2.32. The number of amides is 1. The number of hydrogen-bond donors (Lipinski definition) is 2. The SMILES string of the molecule is Cc1ccc(C#CCCO)c(NC(=O)CC2CC2)c1. The summed E-state index contributed by atoms with van der Waals surface area (Å²) in [4.78, 5) is 11.9. The van der Waals surface area contributed by atoms with Crippen molar-refractivity contribution in [2.45, 2.75) is 32.6 Å². The predicted molar refractivity (Wildman–Crippen MR) is 75.7 cm³/mol. The number of rotatable bonds is 4. The highest BCUT2D eigenvalue weighted by molar-refractivity contribution is 5.92.